The third-order valence-corrected chi connectivity index (χ3v) is 6.74. The van der Waals surface area contributed by atoms with Crippen LogP contribution in [0.4, 0.5) is 13.2 Å². The van der Waals surface area contributed by atoms with Crippen molar-refractivity contribution in [2.45, 2.75) is 29.1 Å². The summed E-state index contributed by atoms with van der Waals surface area (Å²) in [5, 5.41) is 0. The van der Waals surface area contributed by atoms with Gasteiger partial charge in [0.15, 0.2) is 0 Å². The summed E-state index contributed by atoms with van der Waals surface area (Å²) < 4.78 is 77.9. The summed E-state index contributed by atoms with van der Waals surface area (Å²) in [5.41, 5.74) is -3.28. The number of rotatable bonds is 4. The number of methoxy groups -OCH3 is 2. The van der Waals surface area contributed by atoms with Gasteiger partial charge < -0.3 is 9.47 Å². The maximum atomic E-state index is 14.1. The van der Waals surface area contributed by atoms with Crippen LogP contribution >= 0.6 is 0 Å². The minimum Gasteiger partial charge on any atom is -0.497 e. The van der Waals surface area contributed by atoms with Gasteiger partial charge in [-0.25, -0.2) is 13.2 Å². The fourth-order valence-corrected chi connectivity index (χ4v) is 5.58. The van der Waals surface area contributed by atoms with Crippen LogP contribution in [0.5, 0.6) is 5.75 Å². The first-order valence-electron chi connectivity index (χ1n) is 7.62. The summed E-state index contributed by atoms with van der Waals surface area (Å²) >= 11 is 0. The minimum absolute atomic E-state index is 0.135. The molecular weight excluding hydrogens is 375 g/mol. The highest BCUT2D eigenvalue weighted by molar-refractivity contribution is 7.89. The molecule has 0 spiro atoms. The van der Waals surface area contributed by atoms with Gasteiger partial charge in [0.05, 0.1) is 19.1 Å². The van der Waals surface area contributed by atoms with Crippen molar-refractivity contribution in [2.75, 3.05) is 14.2 Å². The van der Waals surface area contributed by atoms with Crippen molar-refractivity contribution < 1.29 is 35.9 Å². The van der Waals surface area contributed by atoms with E-state index in [0.29, 0.717) is 5.75 Å². The molecule has 0 N–H and O–H groups in total. The third-order valence-electron chi connectivity index (χ3n) is 4.79. The molecule has 0 radical (unpaired) electrons. The molecule has 2 bridgehead atoms. The molecule has 26 heavy (non-hydrogen) atoms. The van der Waals surface area contributed by atoms with E-state index in [0.717, 1.165) is 19.2 Å². The SMILES string of the molecule is COC(=O)C1(C(F)(F)F)C2C=CC(C2)N1S(=O)(=O)c1ccc(OC)cc1. The van der Waals surface area contributed by atoms with E-state index in [2.05, 4.69) is 4.74 Å². The standard InChI is InChI=1S/C16H16F3NO5S/c1-24-12-5-7-13(8-6-12)26(22,23)20-11-4-3-10(9-11)15(20,14(21)25-2)16(17,18)19/h3-8,10-11H,9H2,1-2H3. The number of hydrogen-bond acceptors (Lipinski definition) is 5. The Morgan fingerprint density at radius 1 is 1.19 bits per heavy atom. The van der Waals surface area contributed by atoms with Crippen LogP contribution < -0.4 is 4.74 Å². The lowest BCUT2D eigenvalue weighted by Gasteiger charge is -2.41. The van der Waals surface area contributed by atoms with Crippen molar-refractivity contribution in [3.8, 4) is 5.75 Å². The van der Waals surface area contributed by atoms with Gasteiger partial charge in [-0.15, -0.1) is 0 Å². The Kier molecular flexibility index (Phi) is 4.31. The van der Waals surface area contributed by atoms with E-state index in [9.17, 15) is 26.4 Å². The van der Waals surface area contributed by atoms with Gasteiger partial charge in [0, 0.05) is 12.0 Å². The molecule has 1 aromatic rings. The molecule has 1 fully saturated rings. The number of esters is 1. The zero-order valence-corrected chi connectivity index (χ0v) is 14.7. The van der Waals surface area contributed by atoms with Gasteiger partial charge in [0.25, 0.3) is 0 Å². The molecule has 2 aliphatic rings. The van der Waals surface area contributed by atoms with Crippen molar-refractivity contribution in [3.05, 3.63) is 36.4 Å². The van der Waals surface area contributed by atoms with Gasteiger partial charge in [0.1, 0.15) is 5.75 Å². The van der Waals surface area contributed by atoms with Crippen LogP contribution in [0.15, 0.2) is 41.3 Å². The summed E-state index contributed by atoms with van der Waals surface area (Å²) in [6, 6.07) is 3.85. The normalized spacial score (nSPS) is 28.3. The molecule has 3 unspecified atom stereocenters. The number of alkyl halides is 3. The van der Waals surface area contributed by atoms with E-state index in [4.69, 9.17) is 4.74 Å². The average Bonchev–Trinajstić information content (AvgIpc) is 3.20. The number of carbonyl (C=O) groups is 1. The molecule has 6 nitrogen and oxygen atoms in total. The number of benzene rings is 1. The van der Waals surface area contributed by atoms with Crippen molar-refractivity contribution in [3.63, 3.8) is 0 Å². The predicted molar refractivity (Wildman–Crippen MR) is 83.9 cm³/mol. The van der Waals surface area contributed by atoms with Crippen molar-refractivity contribution >= 4 is 16.0 Å². The van der Waals surface area contributed by atoms with Gasteiger partial charge in [-0.3, -0.25) is 0 Å². The van der Waals surface area contributed by atoms with Crippen molar-refractivity contribution in [1.29, 1.82) is 0 Å². The van der Waals surface area contributed by atoms with Crippen LogP contribution in [0.1, 0.15) is 6.42 Å². The van der Waals surface area contributed by atoms with Crippen molar-refractivity contribution in [1.82, 2.24) is 4.31 Å². The van der Waals surface area contributed by atoms with Crippen LogP contribution in [-0.4, -0.2) is 50.7 Å². The summed E-state index contributed by atoms with van der Waals surface area (Å²) in [6.07, 6.45) is -2.68. The van der Waals surface area contributed by atoms with E-state index in [1.807, 2.05) is 0 Å². The highest BCUT2D eigenvalue weighted by atomic mass is 32.2. The second-order valence-corrected chi connectivity index (χ2v) is 7.84. The number of carbonyl (C=O) groups excluding carboxylic acids is 1. The van der Waals surface area contributed by atoms with Crippen molar-refractivity contribution in [2.24, 2.45) is 5.92 Å². The first-order chi connectivity index (χ1) is 12.1. The minimum atomic E-state index is -5.15. The molecule has 1 aromatic carbocycles. The molecular formula is C16H16F3NO5S. The number of halogens is 3. The summed E-state index contributed by atoms with van der Waals surface area (Å²) in [5.74, 6) is -2.63. The smallest absolute Gasteiger partial charge is 0.419 e. The number of hydrogen-bond donors (Lipinski definition) is 0. The molecule has 1 heterocycles. The molecule has 3 atom stereocenters. The van der Waals surface area contributed by atoms with Gasteiger partial charge in [-0.05, 0) is 30.7 Å². The van der Waals surface area contributed by atoms with E-state index in [1.54, 1.807) is 0 Å². The number of nitrogens with zero attached hydrogens (tertiary/aromatic N) is 1. The second-order valence-electron chi connectivity index (χ2n) is 6.03. The lowest BCUT2D eigenvalue weighted by Crippen LogP contribution is -2.67. The molecule has 0 amide bonds. The molecule has 0 saturated carbocycles. The van der Waals surface area contributed by atoms with Crippen LogP contribution in [-0.2, 0) is 19.6 Å². The summed E-state index contributed by atoms with van der Waals surface area (Å²) in [4.78, 5) is 11.9. The summed E-state index contributed by atoms with van der Waals surface area (Å²) in [6.45, 7) is 0. The fraction of sp³-hybridized carbons (Fsp3) is 0.438. The molecule has 10 heteroatoms. The van der Waals surface area contributed by atoms with E-state index in [-0.39, 0.29) is 15.6 Å². The largest absolute Gasteiger partial charge is 0.497 e. The molecule has 142 valence electrons. The zero-order chi connectivity index (χ0) is 19.3. The number of ether oxygens (including phenoxy) is 2. The van der Waals surface area contributed by atoms with Gasteiger partial charge in [-0.2, -0.15) is 17.5 Å². The molecule has 3 rings (SSSR count). The maximum Gasteiger partial charge on any atom is 0.419 e. The van der Waals surface area contributed by atoms with Gasteiger partial charge in [-0.1, -0.05) is 12.2 Å². The Morgan fingerprint density at radius 3 is 2.31 bits per heavy atom. The Labute approximate surface area is 148 Å². The third kappa shape index (κ3) is 2.35. The lowest BCUT2D eigenvalue weighted by molar-refractivity contribution is -0.230. The van der Waals surface area contributed by atoms with E-state index < -0.39 is 39.7 Å². The molecule has 1 saturated heterocycles. The Morgan fingerprint density at radius 2 is 1.81 bits per heavy atom. The van der Waals surface area contributed by atoms with E-state index in [1.165, 1.54) is 31.4 Å². The van der Waals surface area contributed by atoms with Crippen LogP contribution in [0.3, 0.4) is 0 Å². The van der Waals surface area contributed by atoms with Crippen LogP contribution in [0.25, 0.3) is 0 Å². The highest BCUT2D eigenvalue weighted by Gasteiger charge is 2.76. The van der Waals surface area contributed by atoms with Crippen LogP contribution in [0.2, 0.25) is 0 Å². The Hall–Kier alpha value is -2.07. The monoisotopic (exact) mass is 391 g/mol. The first kappa shape index (κ1) is 18.7. The molecule has 1 aliphatic carbocycles. The average molecular weight is 391 g/mol. The Balaban J connectivity index is 2.20. The predicted octanol–water partition coefficient (Wildman–Crippen LogP) is 2.12. The number of sulfonamides is 1. The second kappa shape index (κ2) is 5.98. The number of fused-ring (bicyclic) bond motifs is 2. The first-order valence-corrected chi connectivity index (χ1v) is 9.06. The highest BCUT2D eigenvalue weighted by Crippen LogP contribution is 2.55. The van der Waals surface area contributed by atoms with E-state index >= 15 is 0 Å². The van der Waals surface area contributed by atoms with Gasteiger partial charge in [0.2, 0.25) is 15.6 Å². The Bertz CT molecular complexity index is 850. The molecule has 1 aliphatic heterocycles. The lowest BCUT2D eigenvalue weighted by atomic mass is 9.85. The van der Waals surface area contributed by atoms with Crippen LogP contribution in [0, 0.1) is 5.92 Å². The van der Waals surface area contributed by atoms with Gasteiger partial charge >= 0.3 is 12.1 Å². The topological polar surface area (TPSA) is 72.9 Å². The zero-order valence-electron chi connectivity index (χ0n) is 13.9. The molecule has 0 aromatic heterocycles. The fourth-order valence-electron chi connectivity index (χ4n) is 3.67. The quantitative estimate of drug-likeness (QED) is 0.581. The summed E-state index contributed by atoms with van der Waals surface area (Å²) in [7, 11) is -2.45. The maximum absolute atomic E-state index is 14.1.